The monoisotopic (exact) mass is 472 g/mol. The first-order valence-electron chi connectivity index (χ1n) is 6.91. The zero-order valence-electron chi connectivity index (χ0n) is 11.7. The summed E-state index contributed by atoms with van der Waals surface area (Å²) in [6, 6.07) is 7.69. The van der Waals surface area contributed by atoms with Gasteiger partial charge in [0.05, 0.1) is 10.0 Å². The van der Waals surface area contributed by atoms with Crippen molar-refractivity contribution < 1.29 is 4.79 Å². The van der Waals surface area contributed by atoms with Crippen molar-refractivity contribution in [2.24, 2.45) is 0 Å². The zero-order chi connectivity index (χ0) is 15.5. The number of piperazine rings is 1. The van der Waals surface area contributed by atoms with Gasteiger partial charge in [-0.3, -0.25) is 4.79 Å². The van der Waals surface area contributed by atoms with Gasteiger partial charge in [0.15, 0.2) is 0 Å². The van der Waals surface area contributed by atoms with Crippen molar-refractivity contribution in [1.29, 1.82) is 0 Å². The third-order valence-electron chi connectivity index (χ3n) is 3.56. The molecule has 2 heterocycles. The first kappa shape index (κ1) is 15.7. The topological polar surface area (TPSA) is 49.3 Å². The molecule has 1 saturated heterocycles. The van der Waals surface area contributed by atoms with Crippen LogP contribution in [0.5, 0.6) is 0 Å². The molecule has 114 valence electrons. The van der Waals surface area contributed by atoms with Gasteiger partial charge in [0, 0.05) is 42.1 Å². The van der Waals surface area contributed by atoms with Crippen LogP contribution >= 0.6 is 38.5 Å². The molecule has 0 aliphatic carbocycles. The fourth-order valence-electron chi connectivity index (χ4n) is 2.38. The van der Waals surface area contributed by atoms with Crippen molar-refractivity contribution in [1.82, 2.24) is 14.9 Å². The van der Waals surface area contributed by atoms with Gasteiger partial charge in [0.1, 0.15) is 0 Å². The third kappa shape index (κ3) is 3.40. The molecule has 0 saturated carbocycles. The summed E-state index contributed by atoms with van der Waals surface area (Å²) < 4.78 is 1.85. The molecular weight excluding hydrogens is 459 g/mol. The second-order valence-corrected chi connectivity index (χ2v) is 7.04. The molecule has 2 aromatic rings. The predicted octanol–water partition coefficient (Wildman–Crippen LogP) is 2.81. The van der Waals surface area contributed by atoms with Gasteiger partial charge in [-0.05, 0) is 50.7 Å². The number of nitrogens with zero attached hydrogens (tertiary/aromatic N) is 4. The molecule has 0 atom stereocenters. The second-order valence-electron chi connectivity index (χ2n) is 4.96. The Morgan fingerprint density at radius 2 is 1.73 bits per heavy atom. The van der Waals surface area contributed by atoms with Gasteiger partial charge in [-0.25, -0.2) is 9.97 Å². The van der Waals surface area contributed by atoms with Crippen LogP contribution in [0.15, 0.2) is 41.1 Å². The van der Waals surface area contributed by atoms with Crippen LogP contribution in [0.3, 0.4) is 0 Å². The highest BCUT2D eigenvalue weighted by Gasteiger charge is 2.24. The van der Waals surface area contributed by atoms with Crippen LogP contribution < -0.4 is 4.90 Å². The van der Waals surface area contributed by atoms with E-state index in [0.29, 0.717) is 19.0 Å². The molecule has 1 aliphatic rings. The minimum Gasteiger partial charge on any atom is -0.337 e. The number of carbonyl (C=O) groups excluding carboxylic acids is 1. The summed E-state index contributed by atoms with van der Waals surface area (Å²) in [7, 11) is 0. The molecule has 0 N–H and O–H groups in total. The van der Waals surface area contributed by atoms with E-state index in [0.717, 1.165) is 26.7 Å². The number of anilines is 1. The number of hydrogen-bond acceptors (Lipinski definition) is 4. The maximum atomic E-state index is 12.6. The summed E-state index contributed by atoms with van der Waals surface area (Å²) in [4.78, 5) is 25.2. The minimum absolute atomic E-state index is 0.0985. The molecule has 1 amide bonds. The average Bonchev–Trinajstić information content (AvgIpc) is 2.56. The SMILES string of the molecule is O=C(c1ccccc1I)N1CCN(c2ncc(Br)cn2)CC1. The third-order valence-corrected chi connectivity index (χ3v) is 4.91. The fraction of sp³-hybridized carbons (Fsp3) is 0.267. The van der Waals surface area contributed by atoms with Crippen LogP contribution in [0.25, 0.3) is 0 Å². The Morgan fingerprint density at radius 1 is 1.09 bits per heavy atom. The van der Waals surface area contributed by atoms with Gasteiger partial charge < -0.3 is 9.80 Å². The van der Waals surface area contributed by atoms with Gasteiger partial charge >= 0.3 is 0 Å². The molecule has 22 heavy (non-hydrogen) atoms. The highest BCUT2D eigenvalue weighted by molar-refractivity contribution is 14.1. The lowest BCUT2D eigenvalue weighted by Crippen LogP contribution is -2.49. The number of carbonyl (C=O) groups is 1. The quantitative estimate of drug-likeness (QED) is 0.630. The Morgan fingerprint density at radius 3 is 2.36 bits per heavy atom. The van der Waals surface area contributed by atoms with Crippen LogP contribution in [-0.2, 0) is 0 Å². The summed E-state index contributed by atoms with van der Waals surface area (Å²) in [5.74, 6) is 0.811. The van der Waals surface area contributed by atoms with Crippen molar-refractivity contribution in [2.45, 2.75) is 0 Å². The number of benzene rings is 1. The number of hydrogen-bond donors (Lipinski definition) is 0. The number of rotatable bonds is 2. The van der Waals surface area contributed by atoms with E-state index in [1.807, 2.05) is 29.2 Å². The fourth-order valence-corrected chi connectivity index (χ4v) is 3.21. The van der Waals surface area contributed by atoms with Gasteiger partial charge in [-0.2, -0.15) is 0 Å². The molecule has 5 nitrogen and oxygen atoms in total. The Balaban J connectivity index is 1.65. The largest absolute Gasteiger partial charge is 0.337 e. The number of amides is 1. The van der Waals surface area contributed by atoms with E-state index >= 15 is 0 Å². The molecule has 7 heteroatoms. The molecular formula is C15H14BrIN4O. The molecule has 0 radical (unpaired) electrons. The van der Waals surface area contributed by atoms with Crippen molar-refractivity contribution in [3.05, 3.63) is 50.3 Å². The maximum absolute atomic E-state index is 12.6. The Bertz CT molecular complexity index is 671. The summed E-state index contributed by atoms with van der Waals surface area (Å²) in [5.41, 5.74) is 0.774. The Labute approximate surface area is 151 Å². The van der Waals surface area contributed by atoms with Crippen LogP contribution in [-0.4, -0.2) is 47.0 Å². The van der Waals surface area contributed by atoms with E-state index in [4.69, 9.17) is 0 Å². The normalized spacial score (nSPS) is 15.0. The van der Waals surface area contributed by atoms with Crippen molar-refractivity contribution in [2.75, 3.05) is 31.1 Å². The first-order chi connectivity index (χ1) is 10.6. The molecule has 1 aromatic carbocycles. The smallest absolute Gasteiger partial charge is 0.255 e. The summed E-state index contributed by atoms with van der Waals surface area (Å²) in [5, 5.41) is 0. The first-order valence-corrected chi connectivity index (χ1v) is 8.78. The van der Waals surface area contributed by atoms with Crippen LogP contribution in [0.4, 0.5) is 5.95 Å². The van der Waals surface area contributed by atoms with E-state index in [1.165, 1.54) is 0 Å². The molecule has 0 spiro atoms. The van der Waals surface area contributed by atoms with Gasteiger partial charge in [-0.1, -0.05) is 12.1 Å². The van der Waals surface area contributed by atoms with Crippen LogP contribution in [0.1, 0.15) is 10.4 Å². The number of aromatic nitrogens is 2. The van der Waals surface area contributed by atoms with Crippen molar-refractivity contribution >= 4 is 50.4 Å². The molecule has 0 unspecified atom stereocenters. The van der Waals surface area contributed by atoms with Gasteiger partial charge in [0.2, 0.25) is 5.95 Å². The molecule has 1 aliphatic heterocycles. The van der Waals surface area contributed by atoms with Crippen molar-refractivity contribution in [3.63, 3.8) is 0 Å². The molecule has 1 fully saturated rings. The lowest BCUT2D eigenvalue weighted by Gasteiger charge is -2.34. The molecule has 1 aromatic heterocycles. The molecule has 0 bridgehead atoms. The summed E-state index contributed by atoms with van der Waals surface area (Å²) in [6.45, 7) is 2.86. The zero-order valence-corrected chi connectivity index (χ0v) is 15.5. The van der Waals surface area contributed by atoms with E-state index in [1.54, 1.807) is 12.4 Å². The van der Waals surface area contributed by atoms with E-state index < -0.39 is 0 Å². The lowest BCUT2D eigenvalue weighted by molar-refractivity contribution is 0.0745. The predicted molar refractivity (Wildman–Crippen MR) is 97.0 cm³/mol. The van der Waals surface area contributed by atoms with Crippen LogP contribution in [0.2, 0.25) is 0 Å². The van der Waals surface area contributed by atoms with Crippen molar-refractivity contribution in [3.8, 4) is 0 Å². The Hall–Kier alpha value is -1.22. The van der Waals surface area contributed by atoms with E-state index in [2.05, 4.69) is 53.4 Å². The molecule has 3 rings (SSSR count). The highest BCUT2D eigenvalue weighted by Crippen LogP contribution is 2.17. The van der Waals surface area contributed by atoms with E-state index in [9.17, 15) is 4.79 Å². The van der Waals surface area contributed by atoms with Crippen LogP contribution in [0, 0.1) is 3.57 Å². The highest BCUT2D eigenvalue weighted by atomic mass is 127. The van der Waals surface area contributed by atoms with Gasteiger partial charge in [0.25, 0.3) is 5.91 Å². The standard InChI is InChI=1S/C15H14BrIN4O/c16-11-9-18-15(19-10-11)21-7-5-20(6-8-21)14(22)12-3-1-2-4-13(12)17/h1-4,9-10H,5-8H2. The van der Waals surface area contributed by atoms with Gasteiger partial charge in [-0.15, -0.1) is 0 Å². The second kappa shape index (κ2) is 6.91. The maximum Gasteiger partial charge on any atom is 0.255 e. The average molecular weight is 473 g/mol. The lowest BCUT2D eigenvalue weighted by atomic mass is 10.2. The van der Waals surface area contributed by atoms with E-state index in [-0.39, 0.29) is 5.91 Å². The number of halogens is 2. The minimum atomic E-state index is 0.0985. The summed E-state index contributed by atoms with van der Waals surface area (Å²) in [6.07, 6.45) is 3.48. The summed E-state index contributed by atoms with van der Waals surface area (Å²) >= 11 is 5.54. The Kier molecular flexibility index (Phi) is 4.92.